The highest BCUT2D eigenvalue weighted by molar-refractivity contribution is 5.93. The quantitative estimate of drug-likeness (QED) is 0.754. The number of rotatable bonds is 5. The van der Waals surface area contributed by atoms with E-state index in [2.05, 4.69) is 21.3 Å². The van der Waals surface area contributed by atoms with Crippen molar-refractivity contribution in [2.45, 2.75) is 19.9 Å². The predicted molar refractivity (Wildman–Crippen MR) is 95.9 cm³/mol. The lowest BCUT2D eigenvalue weighted by Crippen LogP contribution is -2.14. The number of anilines is 2. The van der Waals surface area contributed by atoms with Crippen molar-refractivity contribution in [1.29, 1.82) is 0 Å². The molecule has 5 nitrogen and oxygen atoms in total. The van der Waals surface area contributed by atoms with E-state index in [1.54, 1.807) is 24.3 Å². The maximum absolute atomic E-state index is 12.2. The number of aromatic nitrogens is 1. The van der Waals surface area contributed by atoms with Gasteiger partial charge in [-0.2, -0.15) is 0 Å². The minimum Gasteiger partial charge on any atom is -0.347 e. The van der Waals surface area contributed by atoms with Crippen LogP contribution in [0.5, 0.6) is 0 Å². The van der Waals surface area contributed by atoms with E-state index in [1.165, 1.54) is 12.3 Å². The topological polar surface area (TPSA) is 63.1 Å². The van der Waals surface area contributed by atoms with Crippen LogP contribution in [0.3, 0.4) is 0 Å². The number of benzene rings is 2. The van der Waals surface area contributed by atoms with E-state index in [9.17, 15) is 9.59 Å². The van der Waals surface area contributed by atoms with Crippen LogP contribution in [0.4, 0.5) is 11.4 Å². The summed E-state index contributed by atoms with van der Waals surface area (Å²) in [6, 6.07) is 17.3. The number of hydrogen-bond acceptors (Lipinski definition) is 2. The first-order chi connectivity index (χ1) is 11.6. The number of carbonyl (C=O) groups excluding carboxylic acids is 2. The second-order valence-electron chi connectivity index (χ2n) is 5.63. The van der Waals surface area contributed by atoms with E-state index >= 15 is 0 Å². The maximum Gasteiger partial charge on any atom is 0.226 e. The third-order valence-electron chi connectivity index (χ3n) is 3.73. The molecule has 0 atom stereocenters. The smallest absolute Gasteiger partial charge is 0.226 e. The molecule has 0 radical (unpaired) electrons. The van der Waals surface area contributed by atoms with Gasteiger partial charge < -0.3 is 15.2 Å². The number of carbonyl (C=O) groups is 2. The lowest BCUT2D eigenvalue weighted by molar-refractivity contribution is -0.116. The molecule has 1 aromatic heterocycles. The first kappa shape index (κ1) is 15.8. The molecule has 3 aromatic rings. The minimum atomic E-state index is -0.141. The summed E-state index contributed by atoms with van der Waals surface area (Å²) in [4.78, 5) is 23.3. The number of aryl methyl sites for hydroxylation is 1. The Balaban J connectivity index is 1.61. The van der Waals surface area contributed by atoms with Gasteiger partial charge >= 0.3 is 0 Å². The van der Waals surface area contributed by atoms with Crippen LogP contribution in [-0.4, -0.2) is 16.4 Å². The number of para-hydroxylation sites is 1. The largest absolute Gasteiger partial charge is 0.347 e. The van der Waals surface area contributed by atoms with Gasteiger partial charge in [0.15, 0.2) is 0 Å². The number of nitrogens with one attached hydrogen (secondary N) is 2. The summed E-state index contributed by atoms with van der Waals surface area (Å²) in [6.07, 6.45) is 2.37. The van der Waals surface area contributed by atoms with E-state index < -0.39 is 0 Å². The van der Waals surface area contributed by atoms with Gasteiger partial charge in [-0.1, -0.05) is 24.3 Å². The summed E-state index contributed by atoms with van der Waals surface area (Å²) in [6.45, 7) is 2.07. The molecule has 0 bridgehead atoms. The average Bonchev–Trinajstić information content (AvgIpc) is 2.96. The van der Waals surface area contributed by atoms with Gasteiger partial charge in [0.05, 0.1) is 0 Å². The second kappa shape index (κ2) is 7.00. The van der Waals surface area contributed by atoms with Crippen molar-refractivity contribution in [2.75, 3.05) is 10.6 Å². The summed E-state index contributed by atoms with van der Waals surface area (Å²) >= 11 is 0. The fraction of sp³-hybridized carbons (Fsp3) is 0.158. The van der Waals surface area contributed by atoms with E-state index in [-0.39, 0.29) is 11.8 Å². The van der Waals surface area contributed by atoms with Gasteiger partial charge in [0.1, 0.15) is 0 Å². The Labute approximate surface area is 140 Å². The highest BCUT2D eigenvalue weighted by atomic mass is 16.2. The zero-order valence-corrected chi connectivity index (χ0v) is 13.5. The van der Waals surface area contributed by atoms with Gasteiger partial charge in [0.2, 0.25) is 11.8 Å². The third-order valence-corrected chi connectivity index (χ3v) is 3.73. The minimum absolute atomic E-state index is 0.0623. The van der Waals surface area contributed by atoms with Crippen molar-refractivity contribution in [3.63, 3.8) is 0 Å². The fourth-order valence-electron chi connectivity index (χ4n) is 2.66. The number of nitrogens with zero attached hydrogens (tertiary/aromatic N) is 1. The summed E-state index contributed by atoms with van der Waals surface area (Å²) in [5, 5.41) is 6.73. The molecule has 2 aromatic carbocycles. The Bertz CT molecular complexity index is 883. The van der Waals surface area contributed by atoms with Crippen LogP contribution in [0.25, 0.3) is 10.9 Å². The summed E-state index contributed by atoms with van der Waals surface area (Å²) < 4.78 is 2.07. The molecule has 0 aliphatic rings. The number of hydrogen-bond donors (Lipinski definition) is 2. The van der Waals surface area contributed by atoms with Crippen LogP contribution >= 0.6 is 0 Å². The van der Waals surface area contributed by atoms with Crippen LogP contribution in [0.1, 0.15) is 13.3 Å². The monoisotopic (exact) mass is 321 g/mol. The van der Waals surface area contributed by atoms with E-state index in [1.807, 2.05) is 30.5 Å². The molecule has 0 spiro atoms. The average molecular weight is 321 g/mol. The van der Waals surface area contributed by atoms with Crippen LogP contribution in [0, 0.1) is 0 Å². The second-order valence-corrected chi connectivity index (χ2v) is 5.63. The van der Waals surface area contributed by atoms with Crippen LogP contribution in [-0.2, 0) is 16.1 Å². The summed E-state index contributed by atoms with van der Waals surface area (Å²) in [7, 11) is 0. The molecule has 122 valence electrons. The lowest BCUT2D eigenvalue weighted by Gasteiger charge is -2.09. The van der Waals surface area contributed by atoms with E-state index in [4.69, 9.17) is 0 Å². The molecule has 1 heterocycles. The molecule has 3 rings (SSSR count). The van der Waals surface area contributed by atoms with Gasteiger partial charge in [-0.05, 0) is 35.7 Å². The number of fused-ring (bicyclic) bond motifs is 1. The van der Waals surface area contributed by atoms with Gasteiger partial charge in [0, 0.05) is 43.0 Å². The van der Waals surface area contributed by atoms with E-state index in [0.29, 0.717) is 24.3 Å². The molecular formula is C19H19N3O2. The molecule has 2 N–H and O–H groups in total. The Morgan fingerprint density at radius 3 is 2.50 bits per heavy atom. The molecule has 0 unspecified atom stereocenters. The molecule has 5 heteroatoms. The van der Waals surface area contributed by atoms with Crippen molar-refractivity contribution < 1.29 is 9.59 Å². The zero-order chi connectivity index (χ0) is 16.9. The van der Waals surface area contributed by atoms with Crippen molar-refractivity contribution >= 4 is 34.1 Å². The molecule has 2 amide bonds. The Hall–Kier alpha value is -3.08. The predicted octanol–water partition coefficient (Wildman–Crippen LogP) is 3.63. The normalized spacial score (nSPS) is 10.5. The summed E-state index contributed by atoms with van der Waals surface area (Å²) in [5.41, 5.74) is 2.46. The molecule has 0 fully saturated rings. The van der Waals surface area contributed by atoms with Crippen LogP contribution in [0.15, 0.2) is 60.8 Å². The standard InChI is InChI=1S/C19H19N3O2/c1-14(23)20-16-6-4-7-17(13-16)21-19(24)10-12-22-11-9-15-5-2-3-8-18(15)22/h2-9,11,13H,10,12H2,1H3,(H,20,23)(H,21,24). The van der Waals surface area contributed by atoms with Gasteiger partial charge in [-0.3, -0.25) is 9.59 Å². The van der Waals surface area contributed by atoms with Crippen molar-refractivity contribution in [3.8, 4) is 0 Å². The SMILES string of the molecule is CC(=O)Nc1cccc(NC(=O)CCn2ccc3ccccc32)c1. The first-order valence-corrected chi connectivity index (χ1v) is 7.83. The molecule has 0 aliphatic carbocycles. The first-order valence-electron chi connectivity index (χ1n) is 7.83. The fourth-order valence-corrected chi connectivity index (χ4v) is 2.66. The molecule has 0 saturated heterocycles. The highest BCUT2D eigenvalue weighted by Crippen LogP contribution is 2.17. The molecular weight excluding hydrogens is 302 g/mol. The van der Waals surface area contributed by atoms with Crippen molar-refractivity contribution in [2.24, 2.45) is 0 Å². The number of amides is 2. The summed E-state index contributed by atoms with van der Waals surface area (Å²) in [5.74, 6) is -0.203. The van der Waals surface area contributed by atoms with Gasteiger partial charge in [-0.25, -0.2) is 0 Å². The Morgan fingerprint density at radius 2 is 1.71 bits per heavy atom. The molecule has 0 aliphatic heterocycles. The Kier molecular flexibility index (Phi) is 4.61. The molecule has 24 heavy (non-hydrogen) atoms. The van der Waals surface area contributed by atoms with Crippen LogP contribution < -0.4 is 10.6 Å². The zero-order valence-electron chi connectivity index (χ0n) is 13.5. The van der Waals surface area contributed by atoms with Crippen molar-refractivity contribution in [1.82, 2.24) is 4.57 Å². The highest BCUT2D eigenvalue weighted by Gasteiger charge is 2.06. The van der Waals surface area contributed by atoms with Crippen LogP contribution in [0.2, 0.25) is 0 Å². The maximum atomic E-state index is 12.2. The third kappa shape index (κ3) is 3.81. The molecule has 0 saturated carbocycles. The van der Waals surface area contributed by atoms with Gasteiger partial charge in [-0.15, -0.1) is 0 Å². The van der Waals surface area contributed by atoms with Gasteiger partial charge in [0.25, 0.3) is 0 Å². The van der Waals surface area contributed by atoms with Crippen molar-refractivity contribution in [3.05, 3.63) is 60.8 Å². The lowest BCUT2D eigenvalue weighted by atomic mass is 10.2. The van der Waals surface area contributed by atoms with E-state index in [0.717, 1.165) is 5.52 Å². The Morgan fingerprint density at radius 1 is 0.958 bits per heavy atom.